The second-order valence-electron chi connectivity index (χ2n) is 3.02. The minimum absolute atomic E-state index is 0.852. The Kier molecular flexibility index (Phi) is 1.90. The summed E-state index contributed by atoms with van der Waals surface area (Å²) in [5.74, 6) is 1.80. The molecule has 1 aliphatic carbocycles. The topological polar surface area (TPSA) is 26.0 Å². The summed E-state index contributed by atoms with van der Waals surface area (Å²) in [5, 5.41) is 0. The Labute approximate surface area is 51.3 Å². The van der Waals surface area contributed by atoms with Gasteiger partial charge in [0.1, 0.15) is 0 Å². The molecule has 2 atom stereocenters. The molecule has 0 bridgehead atoms. The largest absolute Gasteiger partial charge is 0.330 e. The first-order chi connectivity index (χ1) is 3.83. The van der Waals surface area contributed by atoms with Gasteiger partial charge in [-0.25, -0.2) is 0 Å². The maximum atomic E-state index is 5.50. The molecule has 1 fully saturated rings. The van der Waals surface area contributed by atoms with Gasteiger partial charge in [-0.3, -0.25) is 0 Å². The minimum atomic E-state index is 0.852. The highest BCUT2D eigenvalue weighted by Crippen LogP contribution is 2.28. The van der Waals surface area contributed by atoms with Gasteiger partial charge < -0.3 is 5.73 Å². The second kappa shape index (κ2) is 2.49. The van der Waals surface area contributed by atoms with Crippen LogP contribution in [0, 0.1) is 11.8 Å². The zero-order chi connectivity index (χ0) is 5.98. The monoisotopic (exact) mass is 113 g/mol. The molecule has 0 radical (unpaired) electrons. The smallest absolute Gasteiger partial charge is 0.00488 e. The summed E-state index contributed by atoms with van der Waals surface area (Å²) in [4.78, 5) is 0. The normalized spacial score (nSPS) is 38.2. The van der Waals surface area contributed by atoms with E-state index in [1.165, 1.54) is 19.3 Å². The fourth-order valence-corrected chi connectivity index (χ4v) is 1.54. The van der Waals surface area contributed by atoms with Crippen molar-refractivity contribution in [3.05, 3.63) is 0 Å². The maximum absolute atomic E-state index is 5.50. The summed E-state index contributed by atoms with van der Waals surface area (Å²) in [6.07, 6.45) is 4.15. The van der Waals surface area contributed by atoms with Gasteiger partial charge in [-0.1, -0.05) is 13.3 Å². The van der Waals surface area contributed by atoms with Crippen molar-refractivity contribution in [1.29, 1.82) is 0 Å². The quantitative estimate of drug-likeness (QED) is 0.546. The molecule has 1 nitrogen and oxygen atoms in total. The Balaban J connectivity index is 2.22. The van der Waals surface area contributed by atoms with Crippen LogP contribution in [0.25, 0.3) is 0 Å². The number of nitrogens with two attached hydrogens (primary N) is 1. The first-order valence-corrected chi connectivity index (χ1v) is 3.53. The van der Waals surface area contributed by atoms with Crippen molar-refractivity contribution in [2.75, 3.05) is 6.54 Å². The second-order valence-corrected chi connectivity index (χ2v) is 3.02. The van der Waals surface area contributed by atoms with Crippen LogP contribution in [0.4, 0.5) is 0 Å². The van der Waals surface area contributed by atoms with Gasteiger partial charge in [0, 0.05) is 0 Å². The van der Waals surface area contributed by atoms with Crippen LogP contribution < -0.4 is 5.73 Å². The van der Waals surface area contributed by atoms with E-state index >= 15 is 0 Å². The van der Waals surface area contributed by atoms with Gasteiger partial charge in [0.05, 0.1) is 0 Å². The molecule has 0 aromatic heterocycles. The number of hydrogen-bond donors (Lipinski definition) is 1. The predicted octanol–water partition coefficient (Wildman–Crippen LogP) is 1.38. The molecule has 0 saturated heterocycles. The maximum Gasteiger partial charge on any atom is -0.00488 e. The van der Waals surface area contributed by atoms with Crippen molar-refractivity contribution in [3.63, 3.8) is 0 Å². The molecule has 0 aromatic carbocycles. The number of hydrogen-bond acceptors (Lipinski definition) is 1. The molecule has 0 amide bonds. The van der Waals surface area contributed by atoms with E-state index in [4.69, 9.17) is 5.73 Å². The van der Waals surface area contributed by atoms with Crippen LogP contribution in [0.1, 0.15) is 26.2 Å². The van der Waals surface area contributed by atoms with Crippen molar-refractivity contribution >= 4 is 0 Å². The number of rotatable bonds is 1. The van der Waals surface area contributed by atoms with Gasteiger partial charge >= 0.3 is 0 Å². The van der Waals surface area contributed by atoms with E-state index in [1.54, 1.807) is 0 Å². The van der Waals surface area contributed by atoms with Crippen molar-refractivity contribution < 1.29 is 0 Å². The van der Waals surface area contributed by atoms with E-state index in [-0.39, 0.29) is 0 Å². The summed E-state index contributed by atoms with van der Waals surface area (Å²) in [6, 6.07) is 0. The van der Waals surface area contributed by atoms with Crippen molar-refractivity contribution in [3.8, 4) is 0 Å². The molecular formula is C7H15N. The third kappa shape index (κ3) is 1.22. The third-order valence-electron chi connectivity index (χ3n) is 2.14. The Hall–Kier alpha value is -0.0400. The zero-order valence-corrected chi connectivity index (χ0v) is 5.56. The lowest BCUT2D eigenvalue weighted by molar-refractivity contribution is 0.525. The molecule has 1 heteroatoms. The molecule has 48 valence electrons. The van der Waals surface area contributed by atoms with E-state index in [0.717, 1.165) is 18.4 Å². The molecule has 1 aliphatic rings. The highest BCUT2D eigenvalue weighted by atomic mass is 14.6. The molecule has 0 aliphatic heterocycles. The van der Waals surface area contributed by atoms with Crippen LogP contribution in [-0.4, -0.2) is 6.54 Å². The Morgan fingerprint density at radius 1 is 1.50 bits per heavy atom. The molecular weight excluding hydrogens is 98.1 g/mol. The van der Waals surface area contributed by atoms with E-state index < -0.39 is 0 Å². The third-order valence-corrected chi connectivity index (χ3v) is 2.14. The lowest BCUT2D eigenvalue weighted by Gasteiger charge is -2.02. The van der Waals surface area contributed by atoms with Crippen LogP contribution in [0.15, 0.2) is 0 Å². The highest BCUT2D eigenvalue weighted by molar-refractivity contribution is 4.72. The molecule has 0 spiro atoms. The molecule has 1 unspecified atom stereocenters. The van der Waals surface area contributed by atoms with Gasteiger partial charge in [-0.2, -0.15) is 0 Å². The Morgan fingerprint density at radius 3 is 2.50 bits per heavy atom. The van der Waals surface area contributed by atoms with E-state index in [2.05, 4.69) is 6.92 Å². The molecule has 0 aromatic rings. The summed E-state index contributed by atoms with van der Waals surface area (Å²) in [7, 11) is 0. The van der Waals surface area contributed by atoms with Crippen LogP contribution in [0.5, 0.6) is 0 Å². The van der Waals surface area contributed by atoms with Gasteiger partial charge in [0.25, 0.3) is 0 Å². The van der Waals surface area contributed by atoms with Crippen molar-refractivity contribution in [1.82, 2.24) is 0 Å². The Morgan fingerprint density at radius 2 is 2.25 bits per heavy atom. The van der Waals surface area contributed by atoms with Crippen LogP contribution in [0.2, 0.25) is 0 Å². The zero-order valence-electron chi connectivity index (χ0n) is 5.56. The van der Waals surface area contributed by atoms with Crippen molar-refractivity contribution in [2.24, 2.45) is 17.6 Å². The molecule has 0 heterocycles. The molecule has 8 heavy (non-hydrogen) atoms. The first-order valence-electron chi connectivity index (χ1n) is 3.53. The standard InChI is InChI=1S/C7H15N/c1-6-2-3-7(4-6)5-8/h6-7H,2-5,8H2,1H3/t6?,7-/m1/s1. The lowest BCUT2D eigenvalue weighted by atomic mass is 10.1. The Bertz CT molecular complexity index is 70.8. The summed E-state index contributed by atoms with van der Waals surface area (Å²) in [5.41, 5.74) is 5.50. The first kappa shape index (κ1) is 6.09. The fourth-order valence-electron chi connectivity index (χ4n) is 1.54. The summed E-state index contributed by atoms with van der Waals surface area (Å²) < 4.78 is 0. The summed E-state index contributed by atoms with van der Waals surface area (Å²) in [6.45, 7) is 3.22. The summed E-state index contributed by atoms with van der Waals surface area (Å²) >= 11 is 0. The predicted molar refractivity (Wildman–Crippen MR) is 35.6 cm³/mol. The van der Waals surface area contributed by atoms with Crippen LogP contribution in [0.3, 0.4) is 0 Å². The van der Waals surface area contributed by atoms with Gasteiger partial charge in [0.15, 0.2) is 0 Å². The average molecular weight is 113 g/mol. The van der Waals surface area contributed by atoms with E-state index in [1.807, 2.05) is 0 Å². The van der Waals surface area contributed by atoms with E-state index in [0.29, 0.717) is 0 Å². The lowest BCUT2D eigenvalue weighted by Crippen LogP contribution is -2.10. The SMILES string of the molecule is CC1CC[C@@H](CN)C1. The molecule has 1 rings (SSSR count). The van der Waals surface area contributed by atoms with Gasteiger partial charge in [-0.05, 0) is 31.2 Å². The molecule has 1 saturated carbocycles. The molecule has 2 N–H and O–H groups in total. The fraction of sp³-hybridized carbons (Fsp3) is 1.00. The van der Waals surface area contributed by atoms with Crippen LogP contribution in [-0.2, 0) is 0 Å². The van der Waals surface area contributed by atoms with Gasteiger partial charge in [-0.15, -0.1) is 0 Å². The van der Waals surface area contributed by atoms with Crippen molar-refractivity contribution in [2.45, 2.75) is 26.2 Å². The van der Waals surface area contributed by atoms with Crippen LogP contribution >= 0.6 is 0 Å². The minimum Gasteiger partial charge on any atom is -0.330 e. The van der Waals surface area contributed by atoms with Gasteiger partial charge in [0.2, 0.25) is 0 Å². The average Bonchev–Trinajstić information content (AvgIpc) is 2.14. The highest BCUT2D eigenvalue weighted by Gasteiger charge is 2.18. The van der Waals surface area contributed by atoms with E-state index in [9.17, 15) is 0 Å².